The zero-order chi connectivity index (χ0) is 24.2. The largest absolute Gasteiger partial charge is 0.444 e. The lowest BCUT2D eigenvalue weighted by Crippen LogP contribution is -2.47. The van der Waals surface area contributed by atoms with Gasteiger partial charge in [0.25, 0.3) is 0 Å². The third-order valence-corrected chi connectivity index (χ3v) is 6.83. The Bertz CT molecular complexity index is 1040. The van der Waals surface area contributed by atoms with E-state index in [1.54, 1.807) is 29.2 Å². The van der Waals surface area contributed by atoms with Gasteiger partial charge in [0.1, 0.15) is 5.60 Å². The van der Waals surface area contributed by atoms with Crippen LogP contribution in [0.15, 0.2) is 41.3 Å². The maximum Gasteiger partial charge on any atom is 0.410 e. The standard InChI is InChI=1S/C24H34N4O4S/c1-6-27(20-13-15-28(16-14-20)23(29)32-24(2,3)4)17-19-9-12-22(26-25-19)18-7-10-21(11-8-18)33(5,30)31/h7-12,20H,6,13-17H2,1-5H3. The minimum Gasteiger partial charge on any atom is -0.444 e. The molecule has 1 aliphatic heterocycles. The van der Waals surface area contributed by atoms with Gasteiger partial charge in [-0.1, -0.05) is 19.1 Å². The average Bonchev–Trinajstić information content (AvgIpc) is 2.76. The highest BCUT2D eigenvalue weighted by Crippen LogP contribution is 2.22. The van der Waals surface area contributed by atoms with Crippen molar-refractivity contribution in [2.45, 2.75) is 63.6 Å². The van der Waals surface area contributed by atoms with Gasteiger partial charge >= 0.3 is 6.09 Å². The van der Waals surface area contributed by atoms with Crippen LogP contribution in [0.1, 0.15) is 46.2 Å². The van der Waals surface area contributed by atoms with Crippen LogP contribution in [0.4, 0.5) is 4.79 Å². The smallest absolute Gasteiger partial charge is 0.410 e. The first-order valence-corrected chi connectivity index (χ1v) is 13.2. The Hall–Kier alpha value is -2.52. The summed E-state index contributed by atoms with van der Waals surface area (Å²) >= 11 is 0. The number of amides is 1. The Morgan fingerprint density at radius 2 is 1.73 bits per heavy atom. The second-order valence-electron chi connectivity index (χ2n) is 9.47. The van der Waals surface area contributed by atoms with Crippen LogP contribution >= 0.6 is 0 Å². The van der Waals surface area contributed by atoms with Gasteiger partial charge in [0.2, 0.25) is 0 Å². The van der Waals surface area contributed by atoms with E-state index in [2.05, 4.69) is 22.0 Å². The predicted molar refractivity (Wildman–Crippen MR) is 127 cm³/mol. The molecule has 0 bridgehead atoms. The number of hydrogen-bond donors (Lipinski definition) is 0. The monoisotopic (exact) mass is 474 g/mol. The molecule has 3 rings (SSSR count). The van der Waals surface area contributed by atoms with Crippen LogP contribution in [0.5, 0.6) is 0 Å². The van der Waals surface area contributed by atoms with Crippen molar-refractivity contribution in [1.82, 2.24) is 20.0 Å². The third kappa shape index (κ3) is 6.98. The Morgan fingerprint density at radius 1 is 1.09 bits per heavy atom. The lowest BCUT2D eigenvalue weighted by molar-refractivity contribution is 0.0140. The van der Waals surface area contributed by atoms with Gasteiger partial charge in [0.15, 0.2) is 9.84 Å². The van der Waals surface area contributed by atoms with Gasteiger partial charge in [-0.25, -0.2) is 13.2 Å². The van der Waals surface area contributed by atoms with Gasteiger partial charge in [0.05, 0.1) is 16.3 Å². The Morgan fingerprint density at radius 3 is 2.21 bits per heavy atom. The molecule has 1 saturated heterocycles. The summed E-state index contributed by atoms with van der Waals surface area (Å²) in [6.45, 7) is 10.7. The summed E-state index contributed by atoms with van der Waals surface area (Å²) in [5.41, 5.74) is 1.92. The van der Waals surface area contributed by atoms with E-state index in [-0.39, 0.29) is 11.0 Å². The van der Waals surface area contributed by atoms with Crippen molar-refractivity contribution in [2.24, 2.45) is 0 Å². The fraction of sp³-hybridized carbons (Fsp3) is 0.542. The van der Waals surface area contributed by atoms with Crippen molar-refractivity contribution >= 4 is 15.9 Å². The molecule has 1 aromatic carbocycles. The molecule has 180 valence electrons. The first-order chi connectivity index (χ1) is 15.5. The van der Waals surface area contributed by atoms with Gasteiger partial charge in [-0.05, 0) is 64.4 Å². The van der Waals surface area contributed by atoms with Crippen LogP contribution in [-0.2, 0) is 21.1 Å². The molecule has 33 heavy (non-hydrogen) atoms. The topological polar surface area (TPSA) is 92.7 Å². The van der Waals surface area contributed by atoms with Crippen LogP contribution in [0, 0.1) is 0 Å². The number of likely N-dealkylation sites (tertiary alicyclic amines) is 1. The number of benzene rings is 1. The Kier molecular flexibility index (Phi) is 7.74. The van der Waals surface area contributed by atoms with E-state index < -0.39 is 15.4 Å². The average molecular weight is 475 g/mol. The highest BCUT2D eigenvalue weighted by Gasteiger charge is 2.29. The van der Waals surface area contributed by atoms with Gasteiger partial charge in [-0.2, -0.15) is 10.2 Å². The highest BCUT2D eigenvalue weighted by atomic mass is 32.2. The molecule has 1 aliphatic rings. The summed E-state index contributed by atoms with van der Waals surface area (Å²) < 4.78 is 28.8. The number of nitrogens with zero attached hydrogens (tertiary/aromatic N) is 4. The normalized spacial score (nSPS) is 15.6. The summed E-state index contributed by atoms with van der Waals surface area (Å²) in [6.07, 6.45) is 2.74. The molecule has 0 aliphatic carbocycles. The molecule has 0 saturated carbocycles. The summed E-state index contributed by atoms with van der Waals surface area (Å²) in [5.74, 6) is 0. The van der Waals surface area contributed by atoms with Crippen molar-refractivity contribution in [3.63, 3.8) is 0 Å². The molecule has 9 heteroatoms. The quantitative estimate of drug-likeness (QED) is 0.629. The first kappa shape index (κ1) is 25.1. The van der Waals surface area contributed by atoms with Gasteiger partial charge in [0, 0.05) is 37.5 Å². The minimum atomic E-state index is -3.22. The van der Waals surface area contributed by atoms with E-state index in [1.165, 1.54) is 6.26 Å². The Balaban J connectivity index is 1.58. The molecule has 1 aromatic heterocycles. The summed E-state index contributed by atoms with van der Waals surface area (Å²) in [4.78, 5) is 16.8. The van der Waals surface area contributed by atoms with Crippen LogP contribution in [0.25, 0.3) is 11.3 Å². The number of aromatic nitrogens is 2. The predicted octanol–water partition coefficient (Wildman–Crippen LogP) is 3.77. The zero-order valence-corrected chi connectivity index (χ0v) is 20.9. The molecular weight excluding hydrogens is 440 g/mol. The van der Waals surface area contributed by atoms with Crippen molar-refractivity contribution < 1.29 is 17.9 Å². The number of hydrogen-bond acceptors (Lipinski definition) is 7. The molecule has 0 atom stereocenters. The van der Waals surface area contributed by atoms with E-state index in [9.17, 15) is 13.2 Å². The fourth-order valence-electron chi connectivity index (χ4n) is 3.92. The molecular formula is C24H34N4O4S. The summed E-state index contributed by atoms with van der Waals surface area (Å²) in [5, 5.41) is 8.74. The van der Waals surface area contributed by atoms with Gasteiger partial charge in [-0.3, -0.25) is 4.90 Å². The number of carbonyl (C=O) groups is 1. The molecule has 1 fully saturated rings. The maximum absolute atomic E-state index is 12.3. The summed E-state index contributed by atoms with van der Waals surface area (Å²) in [6, 6.07) is 10.9. The maximum atomic E-state index is 12.3. The third-order valence-electron chi connectivity index (χ3n) is 5.70. The van der Waals surface area contributed by atoms with Gasteiger partial charge < -0.3 is 9.64 Å². The molecule has 8 nitrogen and oxygen atoms in total. The molecule has 1 amide bonds. The first-order valence-electron chi connectivity index (χ1n) is 11.3. The number of ether oxygens (including phenoxy) is 1. The van der Waals surface area contributed by atoms with Crippen molar-refractivity contribution in [3.8, 4) is 11.3 Å². The SMILES string of the molecule is CCN(Cc1ccc(-c2ccc(S(C)(=O)=O)cc2)nn1)C1CCN(C(=O)OC(C)(C)C)CC1. The van der Waals surface area contributed by atoms with E-state index >= 15 is 0 Å². The van der Waals surface area contributed by atoms with Crippen molar-refractivity contribution in [1.29, 1.82) is 0 Å². The minimum absolute atomic E-state index is 0.241. The van der Waals surface area contributed by atoms with Gasteiger partial charge in [-0.15, -0.1) is 0 Å². The number of sulfone groups is 1. The molecule has 0 N–H and O–H groups in total. The fourth-order valence-corrected chi connectivity index (χ4v) is 4.55. The highest BCUT2D eigenvalue weighted by molar-refractivity contribution is 7.90. The molecule has 0 radical (unpaired) electrons. The summed E-state index contributed by atoms with van der Waals surface area (Å²) in [7, 11) is -3.22. The second kappa shape index (κ2) is 10.2. The van der Waals surface area contributed by atoms with Crippen molar-refractivity contribution in [2.75, 3.05) is 25.9 Å². The number of rotatable bonds is 6. The molecule has 2 heterocycles. The lowest BCUT2D eigenvalue weighted by atomic mass is 10.0. The second-order valence-corrected chi connectivity index (χ2v) is 11.5. The zero-order valence-electron chi connectivity index (χ0n) is 20.1. The lowest BCUT2D eigenvalue weighted by Gasteiger charge is -2.38. The molecule has 2 aromatic rings. The number of piperidine rings is 1. The van der Waals surface area contributed by atoms with Crippen LogP contribution in [-0.4, -0.2) is 72.0 Å². The van der Waals surface area contributed by atoms with E-state index in [1.807, 2.05) is 32.9 Å². The van der Waals surface area contributed by atoms with Crippen LogP contribution < -0.4 is 0 Å². The Labute approximate surface area is 196 Å². The van der Waals surface area contributed by atoms with E-state index in [0.717, 1.165) is 30.6 Å². The van der Waals surface area contributed by atoms with E-state index in [4.69, 9.17) is 4.74 Å². The van der Waals surface area contributed by atoms with Crippen LogP contribution in [0.3, 0.4) is 0 Å². The molecule has 0 unspecified atom stereocenters. The van der Waals surface area contributed by atoms with Crippen LogP contribution in [0.2, 0.25) is 0 Å². The number of carbonyl (C=O) groups excluding carboxylic acids is 1. The molecule has 0 spiro atoms. The van der Waals surface area contributed by atoms with Crippen molar-refractivity contribution in [3.05, 3.63) is 42.1 Å². The van der Waals surface area contributed by atoms with E-state index in [0.29, 0.717) is 31.4 Å².